The Labute approximate surface area is 122 Å². The smallest absolute Gasteiger partial charge is 0.158 e. The van der Waals surface area contributed by atoms with Gasteiger partial charge in [-0.15, -0.1) is 0 Å². The van der Waals surface area contributed by atoms with Crippen LogP contribution >= 0.6 is 15.9 Å². The van der Waals surface area contributed by atoms with Crippen molar-refractivity contribution in [3.8, 4) is 11.5 Å². The van der Waals surface area contributed by atoms with E-state index in [0.717, 1.165) is 0 Å². The van der Waals surface area contributed by atoms with Crippen LogP contribution in [0.1, 0.15) is 5.56 Å². The van der Waals surface area contributed by atoms with Crippen LogP contribution in [0.5, 0.6) is 11.5 Å². The van der Waals surface area contributed by atoms with Crippen molar-refractivity contribution in [1.29, 1.82) is 0 Å². The standard InChI is InChI=1S/C13H10BrFN4O/c1-7-10(15)5-9(14)12(16)13(7)20-8-2-3-19-11(4-8)17-6-18-19/h2-6H,16H2,1H3. The second kappa shape index (κ2) is 4.75. The van der Waals surface area contributed by atoms with Crippen LogP contribution in [0.15, 0.2) is 35.2 Å². The summed E-state index contributed by atoms with van der Waals surface area (Å²) in [5.41, 5.74) is 7.26. The maximum Gasteiger partial charge on any atom is 0.158 e. The Morgan fingerprint density at radius 1 is 1.40 bits per heavy atom. The number of ether oxygens (including phenoxy) is 1. The molecule has 0 amide bonds. The maximum absolute atomic E-state index is 13.7. The lowest BCUT2D eigenvalue weighted by molar-refractivity contribution is 0.472. The fourth-order valence-corrected chi connectivity index (χ4v) is 2.21. The summed E-state index contributed by atoms with van der Waals surface area (Å²) in [5, 5.41) is 3.99. The number of hydrogen-bond donors (Lipinski definition) is 1. The molecular weight excluding hydrogens is 327 g/mol. The zero-order chi connectivity index (χ0) is 14.3. The molecule has 0 spiro atoms. The van der Waals surface area contributed by atoms with E-state index in [9.17, 15) is 4.39 Å². The van der Waals surface area contributed by atoms with E-state index in [-0.39, 0.29) is 5.82 Å². The molecule has 7 heteroatoms. The van der Waals surface area contributed by atoms with Crippen LogP contribution in [0, 0.1) is 12.7 Å². The van der Waals surface area contributed by atoms with Gasteiger partial charge in [-0.2, -0.15) is 5.10 Å². The topological polar surface area (TPSA) is 65.4 Å². The van der Waals surface area contributed by atoms with Crippen LogP contribution in [0.4, 0.5) is 10.1 Å². The number of nitrogens with two attached hydrogens (primary N) is 1. The molecule has 5 nitrogen and oxygen atoms in total. The third-order valence-electron chi connectivity index (χ3n) is 2.93. The highest BCUT2D eigenvalue weighted by Gasteiger charge is 2.14. The van der Waals surface area contributed by atoms with Crippen LogP contribution in [0.3, 0.4) is 0 Å². The number of benzene rings is 1. The molecule has 0 unspecified atom stereocenters. The van der Waals surface area contributed by atoms with E-state index in [1.54, 1.807) is 29.8 Å². The number of anilines is 1. The van der Waals surface area contributed by atoms with Crippen molar-refractivity contribution in [3.63, 3.8) is 0 Å². The highest BCUT2D eigenvalue weighted by molar-refractivity contribution is 9.10. The monoisotopic (exact) mass is 336 g/mol. The van der Waals surface area contributed by atoms with Crippen molar-refractivity contribution >= 4 is 27.3 Å². The van der Waals surface area contributed by atoms with Crippen LogP contribution in [-0.2, 0) is 0 Å². The summed E-state index contributed by atoms with van der Waals surface area (Å²) in [6.07, 6.45) is 3.15. The fraction of sp³-hybridized carbons (Fsp3) is 0.0769. The van der Waals surface area contributed by atoms with E-state index >= 15 is 0 Å². The molecule has 0 fully saturated rings. The normalized spacial score (nSPS) is 10.9. The van der Waals surface area contributed by atoms with Crippen LogP contribution in [0.25, 0.3) is 5.65 Å². The number of nitrogens with zero attached hydrogens (tertiary/aromatic N) is 3. The first-order chi connectivity index (χ1) is 9.56. The Hall–Kier alpha value is -2.15. The Morgan fingerprint density at radius 2 is 2.20 bits per heavy atom. The summed E-state index contributed by atoms with van der Waals surface area (Å²) in [5.74, 6) is 0.420. The Balaban J connectivity index is 2.06. The van der Waals surface area contributed by atoms with E-state index in [0.29, 0.717) is 32.9 Å². The third-order valence-corrected chi connectivity index (χ3v) is 3.58. The minimum Gasteiger partial charge on any atom is -0.455 e. The van der Waals surface area contributed by atoms with Crippen molar-refractivity contribution in [2.24, 2.45) is 0 Å². The molecule has 0 aliphatic heterocycles. The molecule has 102 valence electrons. The predicted molar refractivity (Wildman–Crippen MR) is 76.3 cm³/mol. The zero-order valence-electron chi connectivity index (χ0n) is 10.5. The predicted octanol–water partition coefficient (Wildman–Crippen LogP) is 3.31. The average molecular weight is 337 g/mol. The average Bonchev–Trinajstić information content (AvgIpc) is 2.89. The Morgan fingerprint density at radius 3 is 3.00 bits per heavy atom. The molecule has 0 bridgehead atoms. The molecule has 2 heterocycles. The molecular formula is C13H10BrFN4O. The lowest BCUT2D eigenvalue weighted by Gasteiger charge is -2.13. The maximum atomic E-state index is 13.7. The van der Waals surface area contributed by atoms with Gasteiger partial charge in [0, 0.05) is 22.3 Å². The molecule has 2 N–H and O–H groups in total. The van der Waals surface area contributed by atoms with Gasteiger partial charge < -0.3 is 10.5 Å². The van der Waals surface area contributed by atoms with Crippen LogP contribution in [0.2, 0.25) is 0 Å². The first kappa shape index (κ1) is 12.9. The van der Waals surface area contributed by atoms with Crippen LogP contribution in [-0.4, -0.2) is 14.6 Å². The molecule has 20 heavy (non-hydrogen) atoms. The quantitative estimate of drug-likeness (QED) is 0.729. The lowest BCUT2D eigenvalue weighted by Crippen LogP contribution is -1.99. The Bertz CT molecular complexity index is 776. The van der Waals surface area contributed by atoms with Crippen molar-refractivity contribution in [2.45, 2.75) is 6.92 Å². The van der Waals surface area contributed by atoms with E-state index < -0.39 is 0 Å². The number of nitrogen functional groups attached to an aromatic ring is 1. The zero-order valence-corrected chi connectivity index (χ0v) is 12.1. The number of pyridine rings is 1. The minimum atomic E-state index is -0.385. The molecule has 0 aliphatic carbocycles. The van der Waals surface area contributed by atoms with Gasteiger partial charge >= 0.3 is 0 Å². The molecule has 2 aromatic heterocycles. The molecule has 3 rings (SSSR count). The summed E-state index contributed by atoms with van der Waals surface area (Å²) in [6.45, 7) is 1.61. The van der Waals surface area contributed by atoms with Gasteiger partial charge in [0.2, 0.25) is 0 Å². The van der Waals surface area contributed by atoms with Gasteiger partial charge in [-0.25, -0.2) is 13.9 Å². The number of rotatable bonds is 2. The van der Waals surface area contributed by atoms with Crippen molar-refractivity contribution in [1.82, 2.24) is 14.6 Å². The van der Waals surface area contributed by atoms with Gasteiger partial charge in [-0.3, -0.25) is 0 Å². The molecule has 0 atom stereocenters. The second-order valence-corrected chi connectivity index (χ2v) is 5.09. The molecule has 0 saturated heterocycles. The van der Waals surface area contributed by atoms with Gasteiger partial charge in [0.05, 0.1) is 5.69 Å². The van der Waals surface area contributed by atoms with E-state index in [4.69, 9.17) is 10.5 Å². The number of hydrogen-bond acceptors (Lipinski definition) is 4. The van der Waals surface area contributed by atoms with Crippen molar-refractivity contribution in [2.75, 3.05) is 5.73 Å². The number of halogens is 2. The number of aromatic nitrogens is 3. The largest absolute Gasteiger partial charge is 0.455 e. The van der Waals surface area contributed by atoms with Crippen molar-refractivity contribution < 1.29 is 9.13 Å². The van der Waals surface area contributed by atoms with Crippen LogP contribution < -0.4 is 10.5 Å². The molecule has 0 aliphatic rings. The Kier molecular flexibility index (Phi) is 3.06. The number of fused-ring (bicyclic) bond motifs is 1. The van der Waals surface area contributed by atoms with Crippen molar-refractivity contribution in [3.05, 3.63) is 46.6 Å². The van der Waals surface area contributed by atoms with Gasteiger partial charge in [-0.1, -0.05) is 0 Å². The molecule has 3 aromatic rings. The van der Waals surface area contributed by atoms with Gasteiger partial charge in [0.15, 0.2) is 11.4 Å². The molecule has 0 saturated carbocycles. The molecule has 1 aromatic carbocycles. The van der Waals surface area contributed by atoms with Gasteiger partial charge in [0.25, 0.3) is 0 Å². The SMILES string of the molecule is Cc1c(F)cc(Br)c(N)c1Oc1ccn2ncnc2c1. The summed E-state index contributed by atoms with van der Waals surface area (Å²) in [6, 6.07) is 4.73. The van der Waals surface area contributed by atoms with E-state index in [1.807, 2.05) is 0 Å². The van der Waals surface area contributed by atoms with Gasteiger partial charge in [-0.05, 0) is 35.0 Å². The third kappa shape index (κ3) is 2.09. The van der Waals surface area contributed by atoms with E-state index in [1.165, 1.54) is 12.4 Å². The summed E-state index contributed by atoms with van der Waals surface area (Å²) in [4.78, 5) is 4.06. The summed E-state index contributed by atoms with van der Waals surface area (Å²) < 4.78 is 21.5. The highest BCUT2D eigenvalue weighted by Crippen LogP contribution is 2.37. The lowest BCUT2D eigenvalue weighted by atomic mass is 10.2. The minimum absolute atomic E-state index is 0.292. The first-order valence-electron chi connectivity index (χ1n) is 5.77. The second-order valence-electron chi connectivity index (χ2n) is 4.24. The van der Waals surface area contributed by atoms with Gasteiger partial charge in [0.1, 0.15) is 17.9 Å². The highest BCUT2D eigenvalue weighted by atomic mass is 79.9. The summed E-state index contributed by atoms with van der Waals surface area (Å²) in [7, 11) is 0. The summed E-state index contributed by atoms with van der Waals surface area (Å²) >= 11 is 3.21. The fourth-order valence-electron chi connectivity index (χ4n) is 1.83. The molecule has 0 radical (unpaired) electrons. The van der Waals surface area contributed by atoms with E-state index in [2.05, 4.69) is 26.0 Å². The first-order valence-corrected chi connectivity index (χ1v) is 6.57.